The van der Waals surface area contributed by atoms with Gasteiger partial charge in [-0.05, 0) is 42.2 Å². The van der Waals surface area contributed by atoms with E-state index in [0.717, 1.165) is 30.1 Å². The van der Waals surface area contributed by atoms with Gasteiger partial charge in [0.05, 0.1) is 5.69 Å². The van der Waals surface area contributed by atoms with Gasteiger partial charge in [0.25, 0.3) is 0 Å². The van der Waals surface area contributed by atoms with Gasteiger partial charge >= 0.3 is 0 Å². The van der Waals surface area contributed by atoms with Gasteiger partial charge in [0.15, 0.2) is 0 Å². The Bertz CT molecular complexity index is 522. The van der Waals surface area contributed by atoms with Crippen molar-refractivity contribution in [3.63, 3.8) is 0 Å². The van der Waals surface area contributed by atoms with E-state index in [1.54, 1.807) is 0 Å². The zero-order chi connectivity index (χ0) is 12.3. The number of carbonyl (C=O) groups is 1. The fourth-order valence-corrected chi connectivity index (χ4v) is 2.18. The van der Waals surface area contributed by atoms with Crippen LogP contribution in [-0.4, -0.2) is 15.4 Å². The zero-order valence-corrected chi connectivity index (χ0v) is 10.1. The standard InChI is InChI=1S/C12H11FN2OS/c1-2-3-10-12(17-15-14-10)11(16)8-4-6-9(13)7-5-8/h4-7H,2-3H2,1H3. The molecule has 0 radical (unpaired) electrons. The van der Waals surface area contributed by atoms with Crippen LogP contribution in [0.5, 0.6) is 0 Å². The van der Waals surface area contributed by atoms with Crippen molar-refractivity contribution in [1.29, 1.82) is 0 Å². The molecule has 88 valence electrons. The van der Waals surface area contributed by atoms with Crippen LogP contribution >= 0.6 is 11.5 Å². The lowest BCUT2D eigenvalue weighted by molar-refractivity contribution is 0.104. The molecule has 0 unspecified atom stereocenters. The third-order valence-corrected chi connectivity index (χ3v) is 3.12. The molecule has 0 amide bonds. The number of ketones is 1. The molecular weight excluding hydrogens is 239 g/mol. The van der Waals surface area contributed by atoms with Crippen LogP contribution in [0, 0.1) is 5.82 Å². The van der Waals surface area contributed by atoms with Crippen LogP contribution in [-0.2, 0) is 6.42 Å². The van der Waals surface area contributed by atoms with E-state index in [4.69, 9.17) is 0 Å². The predicted molar refractivity (Wildman–Crippen MR) is 63.7 cm³/mol. The maximum atomic E-state index is 12.8. The summed E-state index contributed by atoms with van der Waals surface area (Å²) in [4.78, 5) is 12.7. The Kier molecular flexibility index (Phi) is 3.58. The summed E-state index contributed by atoms with van der Waals surface area (Å²) in [5, 5.41) is 3.94. The molecule has 1 heterocycles. The van der Waals surface area contributed by atoms with Crippen molar-refractivity contribution in [2.24, 2.45) is 0 Å². The number of benzene rings is 1. The summed E-state index contributed by atoms with van der Waals surface area (Å²) in [5.41, 5.74) is 1.20. The fraction of sp³-hybridized carbons (Fsp3) is 0.250. The van der Waals surface area contributed by atoms with E-state index in [2.05, 4.69) is 9.59 Å². The number of rotatable bonds is 4. The Hall–Kier alpha value is -1.62. The number of halogens is 1. The Morgan fingerprint density at radius 1 is 1.35 bits per heavy atom. The summed E-state index contributed by atoms with van der Waals surface area (Å²) in [5.74, 6) is -0.485. The summed E-state index contributed by atoms with van der Waals surface area (Å²) in [6.07, 6.45) is 1.65. The Morgan fingerprint density at radius 3 is 2.71 bits per heavy atom. The lowest BCUT2D eigenvalue weighted by Crippen LogP contribution is -2.02. The van der Waals surface area contributed by atoms with Gasteiger partial charge in [-0.1, -0.05) is 17.8 Å². The second-order valence-corrected chi connectivity index (χ2v) is 4.39. The first-order valence-corrected chi connectivity index (χ1v) is 6.11. The Morgan fingerprint density at radius 2 is 2.06 bits per heavy atom. The highest BCUT2D eigenvalue weighted by molar-refractivity contribution is 7.08. The average molecular weight is 250 g/mol. The Balaban J connectivity index is 2.30. The summed E-state index contributed by atoms with van der Waals surface area (Å²) >= 11 is 1.09. The van der Waals surface area contributed by atoms with Crippen LogP contribution in [0.2, 0.25) is 0 Å². The number of aromatic nitrogens is 2. The molecular formula is C12H11FN2OS. The highest BCUT2D eigenvalue weighted by Crippen LogP contribution is 2.18. The Labute approximate surface area is 102 Å². The first-order valence-electron chi connectivity index (χ1n) is 5.34. The smallest absolute Gasteiger partial charge is 0.206 e. The summed E-state index contributed by atoms with van der Waals surface area (Å²) < 4.78 is 16.6. The predicted octanol–water partition coefficient (Wildman–Crippen LogP) is 2.86. The van der Waals surface area contributed by atoms with E-state index in [-0.39, 0.29) is 11.6 Å². The maximum absolute atomic E-state index is 12.8. The molecule has 0 saturated heterocycles. The van der Waals surface area contributed by atoms with Crippen molar-refractivity contribution < 1.29 is 9.18 Å². The molecule has 3 nitrogen and oxygen atoms in total. The van der Waals surface area contributed by atoms with E-state index in [1.807, 2.05) is 6.92 Å². The highest BCUT2D eigenvalue weighted by atomic mass is 32.1. The molecule has 2 rings (SSSR count). The summed E-state index contributed by atoms with van der Waals surface area (Å²) in [6.45, 7) is 2.02. The van der Waals surface area contributed by atoms with E-state index < -0.39 is 0 Å². The normalized spacial score (nSPS) is 10.5. The van der Waals surface area contributed by atoms with E-state index >= 15 is 0 Å². The molecule has 0 aliphatic rings. The van der Waals surface area contributed by atoms with E-state index in [1.165, 1.54) is 24.3 Å². The van der Waals surface area contributed by atoms with Gasteiger partial charge in [0.1, 0.15) is 10.7 Å². The first-order chi connectivity index (χ1) is 8.22. The quantitative estimate of drug-likeness (QED) is 0.784. The molecule has 0 bridgehead atoms. The van der Waals surface area contributed by atoms with Crippen LogP contribution in [0.3, 0.4) is 0 Å². The van der Waals surface area contributed by atoms with Crippen molar-refractivity contribution in [1.82, 2.24) is 9.59 Å². The van der Waals surface area contributed by atoms with Gasteiger partial charge in [-0.3, -0.25) is 4.79 Å². The van der Waals surface area contributed by atoms with Crippen LogP contribution in [0.4, 0.5) is 4.39 Å². The van der Waals surface area contributed by atoms with Gasteiger partial charge in [0.2, 0.25) is 5.78 Å². The molecule has 0 saturated carbocycles. The lowest BCUT2D eigenvalue weighted by atomic mass is 10.1. The monoisotopic (exact) mass is 250 g/mol. The van der Waals surface area contributed by atoms with Crippen LogP contribution in [0.1, 0.15) is 34.3 Å². The fourth-order valence-electron chi connectivity index (χ4n) is 1.51. The zero-order valence-electron chi connectivity index (χ0n) is 9.31. The minimum Gasteiger partial charge on any atom is -0.288 e. The van der Waals surface area contributed by atoms with E-state index in [0.29, 0.717) is 10.4 Å². The minimum absolute atomic E-state index is 0.136. The van der Waals surface area contributed by atoms with Gasteiger partial charge in [0, 0.05) is 5.56 Å². The lowest BCUT2D eigenvalue weighted by Gasteiger charge is -1.99. The number of aryl methyl sites for hydroxylation is 1. The van der Waals surface area contributed by atoms with Gasteiger partial charge in [-0.15, -0.1) is 5.10 Å². The molecule has 0 fully saturated rings. The van der Waals surface area contributed by atoms with Crippen molar-refractivity contribution in [2.45, 2.75) is 19.8 Å². The number of nitrogens with zero attached hydrogens (tertiary/aromatic N) is 2. The van der Waals surface area contributed by atoms with Gasteiger partial charge in [-0.25, -0.2) is 4.39 Å². The molecule has 0 atom stereocenters. The summed E-state index contributed by atoms with van der Waals surface area (Å²) in [6, 6.07) is 5.52. The second kappa shape index (κ2) is 5.14. The number of hydrogen-bond donors (Lipinski definition) is 0. The number of carbonyl (C=O) groups excluding carboxylic acids is 1. The molecule has 1 aromatic carbocycles. The third-order valence-electron chi connectivity index (χ3n) is 2.36. The van der Waals surface area contributed by atoms with Crippen LogP contribution in [0.15, 0.2) is 24.3 Å². The molecule has 0 spiro atoms. The molecule has 5 heteroatoms. The van der Waals surface area contributed by atoms with Crippen molar-refractivity contribution >= 4 is 17.3 Å². The average Bonchev–Trinajstić information content (AvgIpc) is 2.78. The van der Waals surface area contributed by atoms with Gasteiger partial charge < -0.3 is 0 Å². The van der Waals surface area contributed by atoms with Crippen LogP contribution < -0.4 is 0 Å². The number of hydrogen-bond acceptors (Lipinski definition) is 4. The highest BCUT2D eigenvalue weighted by Gasteiger charge is 2.17. The minimum atomic E-state index is -0.349. The largest absolute Gasteiger partial charge is 0.288 e. The van der Waals surface area contributed by atoms with E-state index in [9.17, 15) is 9.18 Å². The second-order valence-electron chi connectivity index (χ2n) is 3.63. The molecule has 17 heavy (non-hydrogen) atoms. The molecule has 0 N–H and O–H groups in total. The molecule has 1 aromatic heterocycles. The third kappa shape index (κ3) is 2.55. The maximum Gasteiger partial charge on any atom is 0.206 e. The summed E-state index contributed by atoms with van der Waals surface area (Å²) in [7, 11) is 0. The molecule has 2 aromatic rings. The van der Waals surface area contributed by atoms with Crippen molar-refractivity contribution in [3.8, 4) is 0 Å². The molecule has 0 aliphatic carbocycles. The van der Waals surface area contributed by atoms with Crippen LogP contribution in [0.25, 0.3) is 0 Å². The first kappa shape index (κ1) is 11.9. The van der Waals surface area contributed by atoms with Crippen molar-refractivity contribution in [3.05, 3.63) is 46.2 Å². The SMILES string of the molecule is CCCc1nnsc1C(=O)c1ccc(F)cc1. The van der Waals surface area contributed by atoms with Gasteiger partial charge in [-0.2, -0.15) is 0 Å². The topological polar surface area (TPSA) is 42.9 Å². The van der Waals surface area contributed by atoms with Crippen molar-refractivity contribution in [2.75, 3.05) is 0 Å². The molecule has 0 aliphatic heterocycles.